The minimum absolute atomic E-state index is 0.0389. The molecule has 0 bridgehead atoms. The van der Waals surface area contributed by atoms with Gasteiger partial charge < -0.3 is 24.1 Å². The molecule has 0 saturated carbocycles. The molecule has 0 aliphatic rings. The Morgan fingerprint density at radius 3 is 1.68 bits per heavy atom. The van der Waals surface area contributed by atoms with Gasteiger partial charge >= 0.3 is 0 Å². The molecule has 132 valence electrons. The second-order valence-electron chi connectivity index (χ2n) is 4.96. The van der Waals surface area contributed by atoms with Gasteiger partial charge in [0.05, 0.1) is 28.4 Å². The lowest BCUT2D eigenvalue weighted by molar-refractivity contribution is 0.0816. The summed E-state index contributed by atoms with van der Waals surface area (Å²) in [6.45, 7) is 0. The number of benzene rings is 2. The van der Waals surface area contributed by atoms with Gasteiger partial charge in [-0.15, -0.1) is 0 Å². The number of aromatic hydroxyl groups is 1. The highest BCUT2D eigenvalue weighted by molar-refractivity contribution is 6.49. The monoisotopic (exact) mass is 346 g/mol. The number of ether oxygens (including phenoxy) is 4. The zero-order chi connectivity index (χ0) is 18.6. The third kappa shape index (κ3) is 3.50. The van der Waals surface area contributed by atoms with E-state index >= 15 is 0 Å². The zero-order valence-electron chi connectivity index (χ0n) is 14.3. The van der Waals surface area contributed by atoms with Gasteiger partial charge in [-0.05, 0) is 30.3 Å². The first-order chi connectivity index (χ1) is 12.0. The molecule has 0 saturated heterocycles. The topological polar surface area (TPSA) is 91.3 Å². The van der Waals surface area contributed by atoms with Gasteiger partial charge in [0, 0.05) is 11.1 Å². The molecule has 1 N–H and O–H groups in total. The van der Waals surface area contributed by atoms with Gasteiger partial charge in [-0.1, -0.05) is 0 Å². The van der Waals surface area contributed by atoms with Crippen LogP contribution in [0.25, 0.3) is 0 Å². The third-order valence-corrected chi connectivity index (χ3v) is 3.57. The molecule has 0 fully saturated rings. The molecule has 0 amide bonds. The summed E-state index contributed by atoms with van der Waals surface area (Å²) < 4.78 is 20.5. The Morgan fingerprint density at radius 1 is 0.720 bits per heavy atom. The van der Waals surface area contributed by atoms with Gasteiger partial charge in [0.15, 0.2) is 23.0 Å². The summed E-state index contributed by atoms with van der Waals surface area (Å²) >= 11 is 0. The molecule has 0 aliphatic carbocycles. The Hall–Kier alpha value is -3.22. The normalized spacial score (nSPS) is 10.1. The zero-order valence-corrected chi connectivity index (χ0v) is 14.3. The van der Waals surface area contributed by atoms with Crippen molar-refractivity contribution >= 4 is 11.6 Å². The molecule has 0 heterocycles. The minimum Gasteiger partial charge on any atom is -0.504 e. The summed E-state index contributed by atoms with van der Waals surface area (Å²) in [6, 6.07) is 6.77. The molecule has 0 aliphatic heterocycles. The predicted octanol–water partition coefficient (Wildman–Crippen LogP) is 2.49. The van der Waals surface area contributed by atoms with Crippen molar-refractivity contribution in [3.63, 3.8) is 0 Å². The van der Waals surface area contributed by atoms with Gasteiger partial charge in [-0.3, -0.25) is 9.59 Å². The molecule has 0 spiro atoms. The molecular formula is C18H18O7. The average Bonchev–Trinajstić information content (AvgIpc) is 2.65. The van der Waals surface area contributed by atoms with Gasteiger partial charge in [-0.25, -0.2) is 0 Å². The first kappa shape index (κ1) is 18.1. The van der Waals surface area contributed by atoms with Crippen molar-refractivity contribution in [1.29, 1.82) is 0 Å². The van der Waals surface area contributed by atoms with Crippen LogP contribution in [0.5, 0.6) is 28.7 Å². The highest BCUT2D eigenvalue weighted by Crippen LogP contribution is 2.38. The highest BCUT2D eigenvalue weighted by Gasteiger charge is 2.23. The minimum atomic E-state index is -0.785. The fourth-order valence-electron chi connectivity index (χ4n) is 2.31. The summed E-state index contributed by atoms with van der Waals surface area (Å²) in [5, 5.41) is 9.78. The van der Waals surface area contributed by atoms with Crippen LogP contribution < -0.4 is 18.9 Å². The maximum atomic E-state index is 12.5. The van der Waals surface area contributed by atoms with E-state index in [0.29, 0.717) is 5.75 Å². The van der Waals surface area contributed by atoms with Crippen LogP contribution in [0.15, 0.2) is 30.3 Å². The number of ketones is 2. The van der Waals surface area contributed by atoms with Crippen molar-refractivity contribution in [1.82, 2.24) is 0 Å². The molecule has 7 nitrogen and oxygen atoms in total. The molecule has 0 aromatic heterocycles. The highest BCUT2D eigenvalue weighted by atomic mass is 16.5. The van der Waals surface area contributed by atoms with Crippen LogP contribution in [-0.2, 0) is 0 Å². The Bertz CT molecular complexity index is 786. The Kier molecular flexibility index (Phi) is 5.49. The predicted molar refractivity (Wildman–Crippen MR) is 89.4 cm³/mol. The first-order valence-electron chi connectivity index (χ1n) is 7.22. The van der Waals surface area contributed by atoms with Crippen LogP contribution in [0.4, 0.5) is 0 Å². The summed E-state index contributed by atoms with van der Waals surface area (Å²) in [5.41, 5.74) is 0.117. The van der Waals surface area contributed by atoms with E-state index in [4.69, 9.17) is 18.9 Å². The molecule has 0 unspecified atom stereocenters. The fraction of sp³-hybridized carbons (Fsp3) is 0.222. The van der Waals surface area contributed by atoms with Crippen molar-refractivity contribution < 1.29 is 33.6 Å². The van der Waals surface area contributed by atoms with Crippen LogP contribution in [0, 0.1) is 0 Å². The summed E-state index contributed by atoms with van der Waals surface area (Å²) in [6.07, 6.45) is 0. The number of carbonyl (C=O) groups excluding carboxylic acids is 2. The lowest BCUT2D eigenvalue weighted by Crippen LogP contribution is -2.15. The second-order valence-corrected chi connectivity index (χ2v) is 4.96. The van der Waals surface area contributed by atoms with E-state index in [9.17, 15) is 14.7 Å². The lowest BCUT2D eigenvalue weighted by atomic mass is 10.0. The van der Waals surface area contributed by atoms with E-state index in [1.54, 1.807) is 0 Å². The van der Waals surface area contributed by atoms with E-state index in [0.717, 1.165) is 0 Å². The molecule has 2 rings (SSSR count). The van der Waals surface area contributed by atoms with Crippen LogP contribution in [0.1, 0.15) is 20.7 Å². The molecule has 25 heavy (non-hydrogen) atoms. The number of hydrogen-bond donors (Lipinski definition) is 1. The van der Waals surface area contributed by atoms with Crippen molar-refractivity contribution in [2.45, 2.75) is 0 Å². The number of hydrogen-bond acceptors (Lipinski definition) is 7. The molecule has 0 radical (unpaired) electrons. The molecule has 2 aromatic rings. The summed E-state index contributed by atoms with van der Waals surface area (Å²) in [7, 11) is 5.65. The van der Waals surface area contributed by atoms with Crippen LogP contribution >= 0.6 is 0 Å². The maximum Gasteiger partial charge on any atom is 0.233 e. The average molecular weight is 346 g/mol. The summed E-state index contributed by atoms with van der Waals surface area (Å²) in [4.78, 5) is 25.0. The van der Waals surface area contributed by atoms with Crippen molar-refractivity contribution in [2.75, 3.05) is 28.4 Å². The molecular weight excluding hydrogens is 328 g/mol. The number of Topliss-reactive ketones (excluding diaryl/α,β-unsaturated/α-hetero) is 2. The van der Waals surface area contributed by atoms with E-state index < -0.39 is 11.6 Å². The SMILES string of the molecule is COc1ccc(C(=O)C(=O)c2cc(OC)c(OC)c(OC)c2)cc1O. The Balaban J connectivity index is 2.43. The smallest absolute Gasteiger partial charge is 0.233 e. The Morgan fingerprint density at radius 2 is 1.24 bits per heavy atom. The third-order valence-electron chi connectivity index (χ3n) is 3.57. The molecule has 2 aromatic carbocycles. The van der Waals surface area contributed by atoms with Gasteiger partial charge in [0.2, 0.25) is 17.3 Å². The molecule has 0 atom stereocenters. The number of phenolic OH excluding ortho intramolecular Hbond substituents is 1. The molecule has 7 heteroatoms. The second kappa shape index (κ2) is 7.57. The van der Waals surface area contributed by atoms with Gasteiger partial charge in [0.1, 0.15) is 0 Å². The van der Waals surface area contributed by atoms with Crippen LogP contribution in [-0.4, -0.2) is 45.1 Å². The van der Waals surface area contributed by atoms with E-state index in [2.05, 4.69) is 0 Å². The van der Waals surface area contributed by atoms with E-state index in [1.807, 2.05) is 0 Å². The Labute approximate surface area is 144 Å². The van der Waals surface area contributed by atoms with Crippen LogP contribution in [0.3, 0.4) is 0 Å². The first-order valence-corrected chi connectivity index (χ1v) is 7.22. The van der Waals surface area contributed by atoms with Crippen molar-refractivity contribution in [2.24, 2.45) is 0 Å². The van der Waals surface area contributed by atoms with Crippen LogP contribution in [0.2, 0.25) is 0 Å². The largest absolute Gasteiger partial charge is 0.504 e. The lowest BCUT2D eigenvalue weighted by Gasteiger charge is -2.13. The fourth-order valence-corrected chi connectivity index (χ4v) is 2.31. The van der Waals surface area contributed by atoms with E-state index in [1.165, 1.54) is 58.8 Å². The van der Waals surface area contributed by atoms with Crippen molar-refractivity contribution in [3.05, 3.63) is 41.5 Å². The maximum absolute atomic E-state index is 12.5. The van der Waals surface area contributed by atoms with Gasteiger partial charge in [0.25, 0.3) is 0 Å². The number of phenols is 1. The standard InChI is InChI=1S/C18H18O7/c1-22-13-6-5-10(7-12(13)19)16(20)17(21)11-8-14(23-2)18(25-4)15(9-11)24-3/h5-9,19H,1-4H3. The number of methoxy groups -OCH3 is 4. The van der Waals surface area contributed by atoms with Gasteiger partial charge in [-0.2, -0.15) is 0 Å². The number of carbonyl (C=O) groups is 2. The van der Waals surface area contributed by atoms with E-state index in [-0.39, 0.29) is 34.1 Å². The summed E-state index contributed by atoms with van der Waals surface area (Å²) in [5.74, 6) is -0.749. The van der Waals surface area contributed by atoms with Crippen molar-refractivity contribution in [3.8, 4) is 28.7 Å². The number of rotatable bonds is 7. The quantitative estimate of drug-likeness (QED) is 0.608.